The van der Waals surface area contributed by atoms with E-state index in [-0.39, 0.29) is 25.2 Å². The maximum absolute atomic E-state index is 10.9. The fourth-order valence-electron chi connectivity index (χ4n) is 0.722. The van der Waals surface area contributed by atoms with E-state index in [2.05, 4.69) is 16.1 Å². The van der Waals surface area contributed by atoms with E-state index in [0.717, 1.165) is 0 Å². The summed E-state index contributed by atoms with van der Waals surface area (Å²) in [6.07, 6.45) is -0.934. The lowest BCUT2D eigenvalue weighted by molar-refractivity contribution is -0.149. The number of ether oxygens (including phenoxy) is 2. The van der Waals surface area contributed by atoms with Crippen LogP contribution in [0.3, 0.4) is 0 Å². The van der Waals surface area contributed by atoms with Crippen LogP contribution in [0, 0.1) is 0 Å². The van der Waals surface area contributed by atoms with Crippen molar-refractivity contribution in [2.24, 2.45) is 0 Å². The molecule has 0 aliphatic rings. The topological polar surface area (TPSA) is 110 Å². The predicted molar refractivity (Wildman–Crippen MR) is 58.3 cm³/mol. The zero-order valence-electron chi connectivity index (χ0n) is 9.42. The lowest BCUT2D eigenvalue weighted by atomic mass is 10.4. The van der Waals surface area contributed by atoms with Crippen LogP contribution in [0.1, 0.15) is 13.3 Å². The van der Waals surface area contributed by atoms with Gasteiger partial charge in [-0.15, -0.1) is 0 Å². The molecule has 0 saturated heterocycles. The van der Waals surface area contributed by atoms with Crippen LogP contribution >= 0.6 is 7.60 Å². The maximum Gasteiger partial charge on any atom is 0.333 e. The molecule has 0 aromatic heterocycles. The molecule has 98 valence electrons. The Balaban J connectivity index is 3.62. The first-order chi connectivity index (χ1) is 7.72. The molecule has 0 saturated carbocycles. The lowest BCUT2D eigenvalue weighted by Gasteiger charge is -2.06. The molecule has 0 bridgehead atoms. The predicted octanol–water partition coefficient (Wildman–Crippen LogP) is 0.217. The molecule has 0 aromatic carbocycles. The molecule has 17 heavy (non-hydrogen) atoms. The molecule has 2 N–H and O–H groups in total. The first-order valence-electron chi connectivity index (χ1n) is 4.75. The number of hydrogen-bond donors (Lipinski definition) is 2. The van der Waals surface area contributed by atoms with Crippen molar-refractivity contribution in [3.63, 3.8) is 0 Å². The van der Waals surface area contributed by atoms with Gasteiger partial charge in [-0.25, -0.2) is 4.79 Å². The van der Waals surface area contributed by atoms with Gasteiger partial charge in [0.25, 0.3) is 0 Å². The molecular formula is C9H15O7P. The highest BCUT2D eigenvalue weighted by atomic mass is 31.2. The van der Waals surface area contributed by atoms with Crippen molar-refractivity contribution >= 4 is 19.5 Å². The van der Waals surface area contributed by atoms with Gasteiger partial charge in [-0.3, -0.25) is 9.36 Å². The summed E-state index contributed by atoms with van der Waals surface area (Å²) in [4.78, 5) is 38.8. The fourth-order valence-corrected chi connectivity index (χ4v) is 1.20. The van der Waals surface area contributed by atoms with E-state index in [1.165, 1.54) is 6.92 Å². The molecule has 0 amide bonds. The second kappa shape index (κ2) is 7.21. The molecule has 0 spiro atoms. The zero-order chi connectivity index (χ0) is 13.5. The van der Waals surface area contributed by atoms with Gasteiger partial charge in [0.1, 0.15) is 13.2 Å². The molecule has 0 heterocycles. The van der Waals surface area contributed by atoms with Crippen LogP contribution in [0.5, 0.6) is 0 Å². The smallest absolute Gasteiger partial charge is 0.333 e. The van der Waals surface area contributed by atoms with Crippen molar-refractivity contribution in [3.05, 3.63) is 12.2 Å². The monoisotopic (exact) mass is 266 g/mol. The van der Waals surface area contributed by atoms with Crippen LogP contribution < -0.4 is 0 Å². The molecule has 0 aliphatic carbocycles. The Hall–Kier alpha value is -1.17. The third kappa shape index (κ3) is 9.74. The minimum absolute atomic E-state index is 0.118. The summed E-state index contributed by atoms with van der Waals surface area (Å²) in [7, 11) is -4.19. The number of hydrogen-bond acceptors (Lipinski definition) is 5. The van der Waals surface area contributed by atoms with Crippen LogP contribution in [0.4, 0.5) is 0 Å². The molecule has 8 heteroatoms. The molecule has 0 radical (unpaired) electrons. The molecule has 0 atom stereocenters. The summed E-state index contributed by atoms with van der Waals surface area (Å²) < 4.78 is 19.6. The summed E-state index contributed by atoms with van der Waals surface area (Å²) in [5.41, 5.74) is 0.234. The summed E-state index contributed by atoms with van der Waals surface area (Å²) >= 11 is 0. The van der Waals surface area contributed by atoms with Gasteiger partial charge in [-0.2, -0.15) is 0 Å². The average Bonchev–Trinajstić information content (AvgIpc) is 2.20. The molecular weight excluding hydrogens is 251 g/mol. The fraction of sp³-hybridized carbons (Fsp3) is 0.556. The van der Waals surface area contributed by atoms with Gasteiger partial charge in [-0.05, 0) is 6.92 Å². The van der Waals surface area contributed by atoms with E-state index in [1.54, 1.807) is 0 Å². The minimum Gasteiger partial charge on any atom is -0.462 e. The molecule has 0 unspecified atom stereocenters. The number of rotatable bonds is 7. The second-order valence-corrected chi connectivity index (χ2v) is 5.05. The number of esters is 2. The Morgan fingerprint density at radius 2 is 1.76 bits per heavy atom. The van der Waals surface area contributed by atoms with Crippen LogP contribution in [0.15, 0.2) is 12.2 Å². The SMILES string of the molecule is C=C(C)C(=O)OCCOC(=O)CCP(=O)(O)O. The zero-order valence-corrected chi connectivity index (χ0v) is 10.3. The minimum atomic E-state index is -4.19. The maximum atomic E-state index is 10.9. The van der Waals surface area contributed by atoms with Gasteiger partial charge < -0.3 is 19.3 Å². The van der Waals surface area contributed by atoms with Gasteiger partial charge in [-0.1, -0.05) is 6.58 Å². The summed E-state index contributed by atoms with van der Waals surface area (Å²) in [5, 5.41) is 0. The van der Waals surface area contributed by atoms with Crippen molar-refractivity contribution in [3.8, 4) is 0 Å². The first kappa shape index (κ1) is 15.8. The third-order valence-corrected chi connectivity index (χ3v) is 2.34. The van der Waals surface area contributed by atoms with E-state index in [0.29, 0.717) is 0 Å². The highest BCUT2D eigenvalue weighted by molar-refractivity contribution is 7.51. The second-order valence-electron chi connectivity index (χ2n) is 3.28. The van der Waals surface area contributed by atoms with Crippen LogP contribution in [0.25, 0.3) is 0 Å². The first-order valence-corrected chi connectivity index (χ1v) is 6.55. The number of carbonyl (C=O) groups is 2. The summed E-state index contributed by atoms with van der Waals surface area (Å²) in [6, 6.07) is 0. The van der Waals surface area contributed by atoms with Gasteiger partial charge >= 0.3 is 19.5 Å². The molecule has 7 nitrogen and oxygen atoms in total. The molecule has 0 fully saturated rings. The highest BCUT2D eigenvalue weighted by Crippen LogP contribution is 2.34. The van der Waals surface area contributed by atoms with E-state index in [4.69, 9.17) is 9.79 Å². The Bertz CT molecular complexity index is 343. The van der Waals surface area contributed by atoms with Crippen molar-refractivity contribution in [2.45, 2.75) is 13.3 Å². The van der Waals surface area contributed by atoms with Gasteiger partial charge in [0.05, 0.1) is 12.6 Å². The van der Waals surface area contributed by atoms with Gasteiger partial charge in [0, 0.05) is 5.57 Å². The van der Waals surface area contributed by atoms with E-state index < -0.39 is 25.7 Å². The normalized spacial score (nSPS) is 10.8. The van der Waals surface area contributed by atoms with Crippen LogP contribution in [-0.2, 0) is 23.6 Å². The van der Waals surface area contributed by atoms with Crippen molar-refractivity contribution < 1.29 is 33.4 Å². The van der Waals surface area contributed by atoms with E-state index in [1.807, 2.05) is 0 Å². The third-order valence-electron chi connectivity index (χ3n) is 1.54. The Morgan fingerprint density at radius 3 is 2.24 bits per heavy atom. The quantitative estimate of drug-likeness (QED) is 0.293. The van der Waals surface area contributed by atoms with E-state index in [9.17, 15) is 14.2 Å². The Morgan fingerprint density at radius 1 is 1.24 bits per heavy atom. The number of carbonyl (C=O) groups excluding carboxylic acids is 2. The highest BCUT2D eigenvalue weighted by Gasteiger charge is 2.16. The standard InChI is InChI=1S/C9H15O7P/c1-7(2)9(11)16-5-4-15-8(10)3-6-17(12,13)14/h1,3-6H2,2H3,(H2,12,13,14). The Kier molecular flexibility index (Phi) is 6.72. The average molecular weight is 266 g/mol. The Labute approximate surface area is 98.6 Å². The van der Waals surface area contributed by atoms with Gasteiger partial charge in [0.2, 0.25) is 0 Å². The largest absolute Gasteiger partial charge is 0.462 e. The van der Waals surface area contributed by atoms with E-state index >= 15 is 0 Å². The van der Waals surface area contributed by atoms with Crippen molar-refractivity contribution in [1.82, 2.24) is 0 Å². The molecule has 0 rings (SSSR count). The molecule has 0 aromatic rings. The van der Waals surface area contributed by atoms with Crippen LogP contribution in [-0.4, -0.2) is 41.1 Å². The summed E-state index contributed by atoms with van der Waals surface area (Å²) in [5.74, 6) is -1.34. The molecule has 0 aliphatic heterocycles. The van der Waals surface area contributed by atoms with Crippen molar-refractivity contribution in [2.75, 3.05) is 19.4 Å². The van der Waals surface area contributed by atoms with Gasteiger partial charge in [0.15, 0.2) is 0 Å². The van der Waals surface area contributed by atoms with Crippen LogP contribution in [0.2, 0.25) is 0 Å². The van der Waals surface area contributed by atoms with Crippen molar-refractivity contribution in [1.29, 1.82) is 0 Å². The lowest BCUT2D eigenvalue weighted by Crippen LogP contribution is -2.14. The summed E-state index contributed by atoms with van der Waals surface area (Å²) in [6.45, 7) is 4.57.